The third-order valence-corrected chi connectivity index (χ3v) is 9.32. The summed E-state index contributed by atoms with van der Waals surface area (Å²) in [5.74, 6) is 0.732. The van der Waals surface area contributed by atoms with Crippen LogP contribution in [0.1, 0.15) is 19.3 Å². The SMILES string of the molecule is O=S1(=O)c2cccc3cccc(c23)N1CCN1CCC(CCn2ccc3ccccc32)CC1. The van der Waals surface area contributed by atoms with Crippen LogP contribution < -0.4 is 4.31 Å². The number of anilines is 1. The van der Waals surface area contributed by atoms with E-state index in [2.05, 4.69) is 46.0 Å². The minimum atomic E-state index is -3.46. The van der Waals surface area contributed by atoms with Crippen LogP contribution in [0.4, 0.5) is 5.69 Å². The Kier molecular flexibility index (Phi) is 5.15. The zero-order valence-electron chi connectivity index (χ0n) is 18.7. The van der Waals surface area contributed by atoms with Crippen molar-refractivity contribution < 1.29 is 8.42 Å². The van der Waals surface area contributed by atoms with Gasteiger partial charge in [0, 0.05) is 36.7 Å². The lowest BCUT2D eigenvalue weighted by molar-refractivity contribution is 0.180. The molecule has 0 spiro atoms. The summed E-state index contributed by atoms with van der Waals surface area (Å²) in [5, 5.41) is 3.17. The van der Waals surface area contributed by atoms with E-state index in [-0.39, 0.29) is 0 Å². The number of fused-ring (bicyclic) bond motifs is 1. The molecule has 3 aromatic carbocycles. The van der Waals surface area contributed by atoms with Crippen molar-refractivity contribution in [2.75, 3.05) is 30.5 Å². The number of hydrogen-bond acceptors (Lipinski definition) is 3. The van der Waals surface area contributed by atoms with Crippen LogP contribution in [0.2, 0.25) is 0 Å². The van der Waals surface area contributed by atoms with Crippen molar-refractivity contribution in [3.05, 3.63) is 72.9 Å². The Morgan fingerprint density at radius 1 is 0.788 bits per heavy atom. The molecule has 6 rings (SSSR count). The van der Waals surface area contributed by atoms with E-state index >= 15 is 0 Å². The molecule has 0 amide bonds. The van der Waals surface area contributed by atoms with Crippen molar-refractivity contribution in [3.63, 3.8) is 0 Å². The van der Waals surface area contributed by atoms with Crippen LogP contribution in [0.3, 0.4) is 0 Å². The standard InChI is InChI=1S/C27H29N3O2S/c31-33(32)26-10-4-7-23-6-3-9-25(27(23)26)30(33)20-19-28-15-11-21(12-16-28)13-17-29-18-14-22-5-1-2-8-24(22)29/h1-10,14,18,21H,11-13,15-17,19-20H2. The fourth-order valence-electron chi connectivity index (χ4n) is 5.59. The van der Waals surface area contributed by atoms with Crippen LogP contribution in [0.5, 0.6) is 0 Å². The second-order valence-electron chi connectivity index (χ2n) is 9.35. The van der Waals surface area contributed by atoms with E-state index in [1.165, 1.54) is 30.2 Å². The van der Waals surface area contributed by atoms with Gasteiger partial charge in [0.2, 0.25) is 0 Å². The number of benzene rings is 3. The highest BCUT2D eigenvalue weighted by atomic mass is 32.2. The maximum atomic E-state index is 13.2. The van der Waals surface area contributed by atoms with Crippen molar-refractivity contribution >= 4 is 37.4 Å². The first kappa shape index (κ1) is 20.8. The monoisotopic (exact) mass is 459 g/mol. The number of aryl methyl sites for hydroxylation is 1. The van der Waals surface area contributed by atoms with Gasteiger partial charge in [0.05, 0.1) is 10.6 Å². The van der Waals surface area contributed by atoms with E-state index < -0.39 is 10.0 Å². The van der Waals surface area contributed by atoms with Crippen molar-refractivity contribution in [3.8, 4) is 0 Å². The topological polar surface area (TPSA) is 45.6 Å². The van der Waals surface area contributed by atoms with E-state index in [1.807, 2.05) is 30.3 Å². The zero-order chi connectivity index (χ0) is 22.4. The lowest BCUT2D eigenvalue weighted by Gasteiger charge is -2.33. The first-order valence-electron chi connectivity index (χ1n) is 11.9. The molecule has 4 aromatic rings. The number of para-hydroxylation sites is 1. The average molecular weight is 460 g/mol. The minimum absolute atomic E-state index is 0.451. The van der Waals surface area contributed by atoms with Gasteiger partial charge in [-0.05, 0) is 73.3 Å². The first-order chi connectivity index (χ1) is 16.1. The third-order valence-electron chi connectivity index (χ3n) is 7.47. The number of rotatable bonds is 6. The highest BCUT2D eigenvalue weighted by Crippen LogP contribution is 2.41. The van der Waals surface area contributed by atoms with Gasteiger partial charge in [-0.3, -0.25) is 4.31 Å². The lowest BCUT2D eigenvalue weighted by Crippen LogP contribution is -2.40. The molecule has 1 saturated heterocycles. The van der Waals surface area contributed by atoms with Gasteiger partial charge in [-0.2, -0.15) is 0 Å². The molecule has 0 N–H and O–H groups in total. The highest BCUT2D eigenvalue weighted by Gasteiger charge is 2.35. The maximum absolute atomic E-state index is 13.2. The molecule has 0 aliphatic carbocycles. The van der Waals surface area contributed by atoms with Gasteiger partial charge in [0.25, 0.3) is 10.0 Å². The van der Waals surface area contributed by atoms with Gasteiger partial charge in [0.1, 0.15) is 0 Å². The maximum Gasteiger partial charge on any atom is 0.265 e. The fraction of sp³-hybridized carbons (Fsp3) is 0.333. The zero-order valence-corrected chi connectivity index (χ0v) is 19.5. The predicted molar refractivity (Wildman–Crippen MR) is 134 cm³/mol. The fourth-order valence-corrected chi connectivity index (χ4v) is 7.29. The molecule has 5 nitrogen and oxygen atoms in total. The normalized spacial score (nSPS) is 18.5. The molecule has 170 valence electrons. The summed E-state index contributed by atoms with van der Waals surface area (Å²) in [6.07, 6.45) is 5.77. The highest BCUT2D eigenvalue weighted by molar-refractivity contribution is 7.93. The summed E-state index contributed by atoms with van der Waals surface area (Å²) in [7, 11) is -3.46. The molecule has 1 aromatic heterocycles. The third kappa shape index (κ3) is 3.62. The molecule has 0 saturated carbocycles. The summed E-state index contributed by atoms with van der Waals surface area (Å²) in [6, 6.07) is 22.2. The molecular formula is C27H29N3O2S. The van der Waals surface area contributed by atoms with Gasteiger partial charge < -0.3 is 9.47 Å². The smallest absolute Gasteiger partial charge is 0.265 e. The molecule has 3 heterocycles. The Hall–Kier alpha value is -2.83. The van der Waals surface area contributed by atoms with Crippen molar-refractivity contribution in [1.82, 2.24) is 9.47 Å². The predicted octanol–water partition coefficient (Wildman–Crippen LogP) is 5.11. The van der Waals surface area contributed by atoms with E-state index in [0.717, 1.165) is 48.6 Å². The summed E-state index contributed by atoms with van der Waals surface area (Å²) in [5.41, 5.74) is 2.15. The van der Waals surface area contributed by atoms with Crippen LogP contribution in [-0.2, 0) is 16.6 Å². The molecule has 2 aliphatic heterocycles. The minimum Gasteiger partial charge on any atom is -0.347 e. The van der Waals surface area contributed by atoms with E-state index in [4.69, 9.17) is 0 Å². The van der Waals surface area contributed by atoms with Crippen LogP contribution in [0.25, 0.3) is 21.7 Å². The quantitative estimate of drug-likeness (QED) is 0.403. The summed E-state index contributed by atoms with van der Waals surface area (Å²) in [6.45, 7) is 4.44. The van der Waals surface area contributed by atoms with Crippen molar-refractivity contribution in [2.45, 2.75) is 30.7 Å². The second-order valence-corrected chi connectivity index (χ2v) is 11.2. The number of aromatic nitrogens is 1. The van der Waals surface area contributed by atoms with Gasteiger partial charge in [-0.1, -0.05) is 42.5 Å². The van der Waals surface area contributed by atoms with Crippen molar-refractivity contribution in [1.29, 1.82) is 0 Å². The van der Waals surface area contributed by atoms with Gasteiger partial charge in [0.15, 0.2) is 0 Å². The van der Waals surface area contributed by atoms with E-state index in [0.29, 0.717) is 11.4 Å². The number of nitrogens with zero attached hydrogens (tertiary/aromatic N) is 3. The van der Waals surface area contributed by atoms with Crippen LogP contribution in [0, 0.1) is 5.92 Å². The Morgan fingerprint density at radius 2 is 1.55 bits per heavy atom. The summed E-state index contributed by atoms with van der Waals surface area (Å²) >= 11 is 0. The Bertz CT molecular complexity index is 1410. The Balaban J connectivity index is 1.06. The molecule has 0 unspecified atom stereocenters. The number of sulfonamides is 1. The largest absolute Gasteiger partial charge is 0.347 e. The van der Waals surface area contributed by atoms with Crippen LogP contribution in [-0.4, -0.2) is 44.1 Å². The number of likely N-dealkylation sites (tertiary alicyclic amines) is 1. The average Bonchev–Trinajstić information content (AvgIpc) is 3.35. The van der Waals surface area contributed by atoms with Crippen LogP contribution >= 0.6 is 0 Å². The van der Waals surface area contributed by atoms with Gasteiger partial charge in [-0.15, -0.1) is 0 Å². The molecule has 0 atom stereocenters. The molecular weight excluding hydrogens is 430 g/mol. The second kappa shape index (κ2) is 8.19. The molecule has 0 bridgehead atoms. The van der Waals surface area contributed by atoms with E-state index in [9.17, 15) is 8.42 Å². The molecule has 33 heavy (non-hydrogen) atoms. The number of hydrogen-bond donors (Lipinski definition) is 0. The Morgan fingerprint density at radius 3 is 2.39 bits per heavy atom. The van der Waals surface area contributed by atoms with Crippen LogP contribution in [0.15, 0.2) is 77.8 Å². The Labute approximate surface area is 195 Å². The lowest BCUT2D eigenvalue weighted by atomic mass is 9.93. The molecule has 6 heteroatoms. The summed E-state index contributed by atoms with van der Waals surface area (Å²) in [4.78, 5) is 2.88. The van der Waals surface area contributed by atoms with Gasteiger partial charge >= 0.3 is 0 Å². The molecule has 1 fully saturated rings. The summed E-state index contributed by atoms with van der Waals surface area (Å²) < 4.78 is 30.4. The van der Waals surface area contributed by atoms with E-state index in [1.54, 1.807) is 10.4 Å². The first-order valence-corrected chi connectivity index (χ1v) is 13.4. The molecule has 0 radical (unpaired) electrons. The van der Waals surface area contributed by atoms with Gasteiger partial charge in [-0.25, -0.2) is 8.42 Å². The van der Waals surface area contributed by atoms with Crippen molar-refractivity contribution in [2.24, 2.45) is 5.92 Å². The molecule has 2 aliphatic rings. The number of piperidine rings is 1.